The molecule has 5 heterocycles. The molecule has 0 atom stereocenters. The molecule has 25 heteroatoms. The Morgan fingerprint density at radius 1 is 0.737 bits per heavy atom. The van der Waals surface area contributed by atoms with Gasteiger partial charge in [0.15, 0.2) is 0 Å². The molecule has 0 saturated carbocycles. The van der Waals surface area contributed by atoms with Crippen LogP contribution in [0, 0.1) is 0 Å². The van der Waals surface area contributed by atoms with Gasteiger partial charge < -0.3 is 83.9 Å². The standard InChI is InChI=1S/C29H50N2O14.C16H19N5O.C4H9NO.C2H6O/c32-5-1-6-36-8-10-38-12-14-40-16-18-42-20-22-44-24-25-45-23-21-43-19-17-41-15-13-39-11-9-37-7-4-30-27(33)26-31-28(34)2-3-29(31)35;1-10-4-12-13(20-14(17)5-10)6-11(7-18-12)15(22)21-8-16(9-21)2-3-19-16;1-2-3-5-4-6;1-2-3/h2-3,5H,1,4,6-26H2,(H,30,33);4,6-7,19H,2-3,5,8-9H2,1H3,(H2,17,20);4H,2-3H2,1H3,(H,5,6);3H,2H2,1H3. The van der Waals surface area contributed by atoms with Gasteiger partial charge in [0.2, 0.25) is 12.3 Å². The molecule has 25 nitrogen and oxygen atoms in total. The lowest BCUT2D eigenvalue weighted by Crippen LogP contribution is -2.76. The molecule has 1 aromatic heterocycles. The van der Waals surface area contributed by atoms with Crippen molar-refractivity contribution in [1.29, 1.82) is 0 Å². The number of aldehydes is 1. The highest BCUT2D eigenvalue weighted by atomic mass is 16.6. The number of nitrogens with zero attached hydrogens (tertiary/aromatic N) is 4. The number of carbonyl (C=O) groups excluding carboxylic acids is 6. The van der Waals surface area contributed by atoms with Crippen LogP contribution in [0.15, 0.2) is 35.0 Å². The number of fused-ring (bicyclic) bond motifs is 1. The summed E-state index contributed by atoms with van der Waals surface area (Å²) in [6.07, 6.45) is 10.6. The van der Waals surface area contributed by atoms with E-state index in [1.165, 1.54) is 0 Å². The van der Waals surface area contributed by atoms with Gasteiger partial charge in [-0.15, -0.1) is 0 Å². The number of hydrogen-bond donors (Lipinski definition) is 5. The number of nitrogens with two attached hydrogens (primary N) is 1. The summed E-state index contributed by atoms with van der Waals surface area (Å²) in [5, 5.41) is 16.1. The molecule has 0 unspecified atom stereocenters. The van der Waals surface area contributed by atoms with Crippen LogP contribution < -0.4 is 21.7 Å². The van der Waals surface area contributed by atoms with Gasteiger partial charge in [-0.3, -0.25) is 33.9 Å². The highest BCUT2D eigenvalue weighted by Gasteiger charge is 2.49. The van der Waals surface area contributed by atoms with Crippen molar-refractivity contribution in [3.8, 4) is 0 Å². The Hall–Kier alpha value is -5.16. The first-order valence-electron chi connectivity index (χ1n) is 25.9. The number of hydrogen-bond acceptors (Lipinski definition) is 21. The number of aliphatic hydroxyl groups is 1. The first kappa shape index (κ1) is 67.0. The lowest BCUT2D eigenvalue weighted by molar-refractivity contribution is -0.141. The number of amidine groups is 1. The lowest BCUT2D eigenvalue weighted by Gasteiger charge is -2.56. The van der Waals surface area contributed by atoms with Crippen LogP contribution in [0.25, 0.3) is 6.08 Å². The number of carbonyl (C=O) groups is 6. The number of pyridine rings is 1. The molecule has 2 saturated heterocycles. The Balaban J connectivity index is 0.000000517. The molecule has 430 valence electrons. The van der Waals surface area contributed by atoms with Crippen molar-refractivity contribution in [2.24, 2.45) is 10.7 Å². The fraction of sp³-hybridized carbons (Fsp3) is 0.686. The summed E-state index contributed by atoms with van der Waals surface area (Å²) in [5.74, 6) is -0.835. The van der Waals surface area contributed by atoms with E-state index in [1.807, 2.05) is 24.8 Å². The second kappa shape index (κ2) is 43.9. The van der Waals surface area contributed by atoms with E-state index in [4.69, 9.17) is 58.2 Å². The molecular weight excluding hydrogens is 997 g/mol. The summed E-state index contributed by atoms with van der Waals surface area (Å²) in [5.41, 5.74) is 9.24. The molecule has 0 radical (unpaired) electrons. The van der Waals surface area contributed by atoms with Gasteiger partial charge >= 0.3 is 0 Å². The van der Waals surface area contributed by atoms with Gasteiger partial charge in [-0.25, -0.2) is 4.99 Å². The Labute approximate surface area is 446 Å². The SMILES string of the molecule is CC1=Cc2ncc(C(=O)N3CC4(CCN4)C3)cc2N=C(N)C1.CCCNC=O.CCO.O=CCCOCCOCCOCCOCCOCCOCCOCCOCCOCCOCCNC(=O)CN1C(=O)C=CC1=O. The zero-order chi connectivity index (χ0) is 55.3. The molecule has 0 aliphatic carbocycles. The van der Waals surface area contributed by atoms with Crippen LogP contribution in [0.1, 0.15) is 62.5 Å². The average Bonchev–Trinajstić information content (AvgIpc) is 3.60. The van der Waals surface area contributed by atoms with Gasteiger partial charge in [0, 0.05) is 64.0 Å². The van der Waals surface area contributed by atoms with Crippen LogP contribution in [-0.2, 0) is 71.3 Å². The molecular formula is C51H84N8O17. The van der Waals surface area contributed by atoms with Gasteiger partial charge in [0.1, 0.15) is 18.7 Å². The van der Waals surface area contributed by atoms with Gasteiger partial charge in [0.25, 0.3) is 17.7 Å². The van der Waals surface area contributed by atoms with Crippen molar-refractivity contribution in [2.45, 2.75) is 52.0 Å². The molecule has 0 aromatic carbocycles. The summed E-state index contributed by atoms with van der Waals surface area (Å²) in [6.45, 7) is 18.3. The third-order valence-corrected chi connectivity index (χ3v) is 10.6. The molecule has 6 N–H and O–H groups in total. The van der Waals surface area contributed by atoms with E-state index in [1.54, 1.807) is 19.2 Å². The fourth-order valence-corrected chi connectivity index (χ4v) is 6.77. The predicted molar refractivity (Wildman–Crippen MR) is 280 cm³/mol. The summed E-state index contributed by atoms with van der Waals surface area (Å²) >= 11 is 0. The molecule has 2 fully saturated rings. The van der Waals surface area contributed by atoms with Crippen LogP contribution in [0.4, 0.5) is 5.69 Å². The van der Waals surface area contributed by atoms with Crippen molar-refractivity contribution in [3.63, 3.8) is 0 Å². The highest BCUT2D eigenvalue weighted by Crippen LogP contribution is 2.32. The minimum atomic E-state index is -0.492. The number of likely N-dealkylation sites (tertiary alicyclic amines) is 1. The van der Waals surface area contributed by atoms with Crippen LogP contribution in [-0.4, -0.2) is 246 Å². The normalized spacial score (nSPS) is 14.8. The second-order valence-corrected chi connectivity index (χ2v) is 16.9. The molecule has 1 aromatic rings. The van der Waals surface area contributed by atoms with Crippen LogP contribution in [0.3, 0.4) is 0 Å². The van der Waals surface area contributed by atoms with Gasteiger partial charge in [-0.1, -0.05) is 12.5 Å². The zero-order valence-electron chi connectivity index (χ0n) is 44.8. The Bertz CT molecular complexity index is 1860. The second-order valence-electron chi connectivity index (χ2n) is 16.9. The summed E-state index contributed by atoms with van der Waals surface area (Å²) < 4.78 is 53.9. The molecule has 0 bridgehead atoms. The van der Waals surface area contributed by atoms with E-state index < -0.39 is 17.7 Å². The van der Waals surface area contributed by atoms with Crippen LogP contribution >= 0.6 is 0 Å². The van der Waals surface area contributed by atoms with Crippen molar-refractivity contribution in [3.05, 3.63) is 41.2 Å². The lowest BCUT2D eigenvalue weighted by atomic mass is 9.80. The quantitative estimate of drug-likeness (QED) is 0.0329. The Morgan fingerprint density at radius 2 is 1.18 bits per heavy atom. The number of aromatic nitrogens is 1. The largest absolute Gasteiger partial charge is 0.397 e. The first-order chi connectivity index (χ1) is 37.0. The van der Waals surface area contributed by atoms with Crippen molar-refractivity contribution < 1.29 is 81.2 Å². The molecule has 1 spiro atoms. The van der Waals surface area contributed by atoms with Crippen LogP contribution in [0.2, 0.25) is 0 Å². The smallest absolute Gasteiger partial charge is 0.255 e. The number of ether oxygens (including phenoxy) is 10. The predicted octanol–water partition coefficient (Wildman–Crippen LogP) is -0.0112. The number of aliphatic imine (C=N–C) groups is 1. The van der Waals surface area contributed by atoms with Gasteiger partial charge in [0.05, 0.1) is 155 Å². The van der Waals surface area contributed by atoms with Gasteiger partial charge in [-0.05, 0) is 45.4 Å². The third kappa shape index (κ3) is 31.2. The number of amides is 5. The number of imide groups is 1. The number of rotatable bonds is 39. The number of nitrogens with one attached hydrogen (secondary N) is 3. The minimum Gasteiger partial charge on any atom is -0.397 e. The maximum Gasteiger partial charge on any atom is 0.255 e. The van der Waals surface area contributed by atoms with E-state index in [9.17, 15) is 28.8 Å². The van der Waals surface area contributed by atoms with Crippen molar-refractivity contribution in [1.82, 2.24) is 30.7 Å². The molecule has 5 rings (SSSR count). The van der Waals surface area contributed by atoms with Crippen LogP contribution in [0.5, 0.6) is 0 Å². The molecule has 76 heavy (non-hydrogen) atoms. The average molecular weight is 1080 g/mol. The van der Waals surface area contributed by atoms with E-state index >= 15 is 0 Å². The maximum atomic E-state index is 12.5. The fourth-order valence-electron chi connectivity index (χ4n) is 6.77. The molecule has 4 aliphatic heterocycles. The third-order valence-electron chi connectivity index (χ3n) is 10.6. The summed E-state index contributed by atoms with van der Waals surface area (Å²) in [7, 11) is 0. The Kier molecular flexibility index (Phi) is 38.7. The topological polar surface area (TPSA) is 309 Å². The molecule has 5 amide bonds. The summed E-state index contributed by atoms with van der Waals surface area (Å²) in [4.78, 5) is 78.2. The maximum absolute atomic E-state index is 12.5. The van der Waals surface area contributed by atoms with Crippen molar-refractivity contribution in [2.75, 3.05) is 178 Å². The van der Waals surface area contributed by atoms with E-state index in [0.29, 0.717) is 162 Å². The Morgan fingerprint density at radius 3 is 1.58 bits per heavy atom. The zero-order valence-corrected chi connectivity index (χ0v) is 44.8. The monoisotopic (exact) mass is 1080 g/mol. The van der Waals surface area contributed by atoms with E-state index in [2.05, 4.69) is 25.9 Å². The van der Waals surface area contributed by atoms with E-state index in [-0.39, 0.29) is 37.7 Å². The number of aliphatic hydroxyl groups excluding tert-OH is 1. The molecule has 4 aliphatic rings. The first-order valence-corrected chi connectivity index (χ1v) is 25.9. The van der Waals surface area contributed by atoms with Gasteiger partial charge in [-0.2, -0.15) is 0 Å². The van der Waals surface area contributed by atoms with E-state index in [0.717, 1.165) is 73.6 Å². The van der Waals surface area contributed by atoms with Crippen molar-refractivity contribution >= 4 is 53.9 Å². The summed E-state index contributed by atoms with van der Waals surface area (Å²) in [6, 6.07) is 1.80. The minimum absolute atomic E-state index is 0.0216. The highest BCUT2D eigenvalue weighted by molar-refractivity contribution is 6.14.